The monoisotopic (exact) mass is 382 g/mol. The first-order chi connectivity index (χ1) is 12.8. The zero-order valence-corrected chi connectivity index (χ0v) is 13.7. The van der Waals surface area contributed by atoms with Crippen molar-refractivity contribution in [1.82, 2.24) is 0 Å². The molecule has 1 aliphatic heterocycles. The van der Waals surface area contributed by atoms with Crippen molar-refractivity contribution < 1.29 is 32.4 Å². The summed E-state index contributed by atoms with van der Waals surface area (Å²) in [5.74, 6) is 0.539. The molecular formula is C17H13F3N2O5. The third kappa shape index (κ3) is 4.10. The molecule has 0 aliphatic carbocycles. The second-order valence-corrected chi connectivity index (χ2v) is 5.62. The van der Waals surface area contributed by atoms with E-state index in [1.165, 1.54) is 12.1 Å². The van der Waals surface area contributed by atoms with E-state index in [0.717, 1.165) is 12.1 Å². The Labute approximate surface area is 150 Å². The molecular weight excluding hydrogens is 369 g/mol. The van der Waals surface area contributed by atoms with E-state index in [1.54, 1.807) is 6.07 Å². The zero-order valence-electron chi connectivity index (χ0n) is 13.7. The number of hydrogen-bond acceptors (Lipinski definition) is 6. The van der Waals surface area contributed by atoms with Crippen LogP contribution in [0, 0.1) is 10.1 Å². The molecule has 1 N–H and O–H groups in total. The van der Waals surface area contributed by atoms with Crippen molar-refractivity contribution in [2.75, 3.05) is 25.1 Å². The van der Waals surface area contributed by atoms with Crippen LogP contribution in [0.1, 0.15) is 15.9 Å². The summed E-state index contributed by atoms with van der Waals surface area (Å²) in [6.07, 6.45) is -4.89. The summed E-state index contributed by atoms with van der Waals surface area (Å²) < 4.78 is 49.7. The van der Waals surface area contributed by atoms with E-state index in [-0.39, 0.29) is 18.0 Å². The fraction of sp³-hybridized carbons (Fsp3) is 0.235. The number of Topliss-reactive ketones (excluding diaryl/α,β-unsaturated/α-hetero) is 1. The Hall–Kier alpha value is -3.30. The molecule has 0 fully saturated rings. The third-order valence-corrected chi connectivity index (χ3v) is 3.82. The topological polar surface area (TPSA) is 90.7 Å². The number of ketones is 1. The number of carbonyl (C=O) groups excluding carboxylic acids is 1. The van der Waals surface area contributed by atoms with Crippen molar-refractivity contribution in [2.45, 2.75) is 6.18 Å². The SMILES string of the molecule is O=C(CNc1ccc([N+](=O)[O-])c(C(F)(F)F)c1)c1ccc2c(c1)OCCO2. The Morgan fingerprint density at radius 1 is 1.11 bits per heavy atom. The number of hydrogen-bond donors (Lipinski definition) is 1. The predicted octanol–water partition coefficient (Wildman–Crippen LogP) is 3.68. The van der Waals surface area contributed by atoms with E-state index in [2.05, 4.69) is 5.32 Å². The van der Waals surface area contributed by atoms with Gasteiger partial charge in [-0.1, -0.05) is 0 Å². The highest BCUT2D eigenvalue weighted by Gasteiger charge is 2.38. The summed E-state index contributed by atoms with van der Waals surface area (Å²) in [4.78, 5) is 21.9. The van der Waals surface area contributed by atoms with Gasteiger partial charge in [0.2, 0.25) is 0 Å². The number of ether oxygens (including phenoxy) is 2. The highest BCUT2D eigenvalue weighted by atomic mass is 19.4. The van der Waals surface area contributed by atoms with Crippen molar-refractivity contribution in [3.63, 3.8) is 0 Å². The quantitative estimate of drug-likeness (QED) is 0.482. The number of anilines is 1. The summed E-state index contributed by atoms with van der Waals surface area (Å²) in [6.45, 7) is 0.462. The van der Waals surface area contributed by atoms with Crippen molar-refractivity contribution in [3.8, 4) is 11.5 Å². The number of nitro benzene ring substituents is 1. The fourth-order valence-corrected chi connectivity index (χ4v) is 2.53. The molecule has 7 nitrogen and oxygen atoms in total. The van der Waals surface area contributed by atoms with Crippen LogP contribution in [0.4, 0.5) is 24.5 Å². The summed E-state index contributed by atoms with van der Waals surface area (Å²) >= 11 is 0. The second-order valence-electron chi connectivity index (χ2n) is 5.62. The van der Waals surface area contributed by atoms with Gasteiger partial charge in [-0.15, -0.1) is 0 Å². The lowest BCUT2D eigenvalue weighted by atomic mass is 10.1. The molecule has 142 valence electrons. The third-order valence-electron chi connectivity index (χ3n) is 3.82. The van der Waals surface area contributed by atoms with Crippen molar-refractivity contribution in [1.29, 1.82) is 0 Å². The molecule has 0 saturated carbocycles. The summed E-state index contributed by atoms with van der Waals surface area (Å²) in [5, 5.41) is 13.3. The van der Waals surface area contributed by atoms with Crippen LogP contribution in [0.5, 0.6) is 11.5 Å². The van der Waals surface area contributed by atoms with Gasteiger partial charge in [0.25, 0.3) is 5.69 Å². The average Bonchev–Trinajstić information content (AvgIpc) is 2.64. The van der Waals surface area contributed by atoms with Gasteiger partial charge in [0.05, 0.1) is 11.5 Å². The Morgan fingerprint density at radius 3 is 2.48 bits per heavy atom. The Morgan fingerprint density at radius 2 is 1.81 bits per heavy atom. The molecule has 0 amide bonds. The van der Waals surface area contributed by atoms with Gasteiger partial charge in [0, 0.05) is 17.3 Å². The van der Waals surface area contributed by atoms with E-state index >= 15 is 0 Å². The van der Waals surface area contributed by atoms with Crippen LogP contribution in [0.25, 0.3) is 0 Å². The first-order valence-electron chi connectivity index (χ1n) is 7.78. The van der Waals surface area contributed by atoms with Gasteiger partial charge >= 0.3 is 6.18 Å². The molecule has 1 aliphatic rings. The zero-order chi connectivity index (χ0) is 19.6. The fourth-order valence-electron chi connectivity index (χ4n) is 2.53. The molecule has 3 rings (SSSR count). The largest absolute Gasteiger partial charge is 0.486 e. The van der Waals surface area contributed by atoms with E-state index in [0.29, 0.717) is 36.3 Å². The second kappa shape index (κ2) is 7.14. The molecule has 0 saturated heterocycles. The van der Waals surface area contributed by atoms with Crippen LogP contribution >= 0.6 is 0 Å². The molecule has 1 heterocycles. The molecule has 0 spiro atoms. The molecule has 0 aromatic heterocycles. The maximum absolute atomic E-state index is 13.0. The summed E-state index contributed by atoms with van der Waals surface area (Å²) in [5.41, 5.74) is -2.20. The number of nitrogens with zero attached hydrogens (tertiary/aromatic N) is 1. The Kier molecular flexibility index (Phi) is 4.89. The molecule has 10 heteroatoms. The first-order valence-corrected chi connectivity index (χ1v) is 7.78. The molecule has 2 aromatic rings. The van der Waals surface area contributed by atoms with Crippen LogP contribution < -0.4 is 14.8 Å². The minimum atomic E-state index is -4.89. The van der Waals surface area contributed by atoms with Crippen LogP contribution in [-0.4, -0.2) is 30.5 Å². The number of benzene rings is 2. The molecule has 2 aromatic carbocycles. The molecule has 0 bridgehead atoms. The predicted molar refractivity (Wildman–Crippen MR) is 88.4 cm³/mol. The lowest BCUT2D eigenvalue weighted by molar-refractivity contribution is -0.388. The van der Waals surface area contributed by atoms with E-state index in [4.69, 9.17) is 9.47 Å². The van der Waals surface area contributed by atoms with Crippen LogP contribution in [0.3, 0.4) is 0 Å². The van der Waals surface area contributed by atoms with Crippen LogP contribution in [-0.2, 0) is 6.18 Å². The van der Waals surface area contributed by atoms with Gasteiger partial charge in [-0.25, -0.2) is 0 Å². The van der Waals surface area contributed by atoms with Crippen LogP contribution in [0.15, 0.2) is 36.4 Å². The number of fused-ring (bicyclic) bond motifs is 1. The number of rotatable bonds is 5. The molecule has 27 heavy (non-hydrogen) atoms. The Balaban J connectivity index is 1.74. The van der Waals surface area contributed by atoms with Crippen LogP contribution in [0.2, 0.25) is 0 Å². The minimum absolute atomic E-state index is 0.0566. The summed E-state index contributed by atoms with van der Waals surface area (Å²) in [6, 6.07) is 7.07. The minimum Gasteiger partial charge on any atom is -0.486 e. The normalized spacial score (nSPS) is 13.1. The number of alkyl halides is 3. The van der Waals surface area contributed by atoms with Gasteiger partial charge in [0.1, 0.15) is 18.8 Å². The van der Waals surface area contributed by atoms with E-state index in [9.17, 15) is 28.1 Å². The maximum atomic E-state index is 13.0. The van der Waals surface area contributed by atoms with Gasteiger partial charge in [0.15, 0.2) is 17.3 Å². The smallest absolute Gasteiger partial charge is 0.423 e. The molecule has 0 unspecified atom stereocenters. The number of halogens is 3. The molecule has 0 radical (unpaired) electrons. The lowest BCUT2D eigenvalue weighted by Crippen LogP contribution is -2.18. The standard InChI is InChI=1S/C17H13F3N2O5/c18-17(19,20)12-8-11(2-3-13(12)22(24)25)21-9-14(23)10-1-4-15-16(7-10)27-6-5-26-15/h1-4,7-8,21H,5-6,9H2. The van der Waals surface area contributed by atoms with Gasteiger partial charge in [-0.2, -0.15) is 13.2 Å². The van der Waals surface area contributed by atoms with E-state index in [1.807, 2.05) is 0 Å². The van der Waals surface area contributed by atoms with Gasteiger partial charge < -0.3 is 14.8 Å². The summed E-state index contributed by atoms with van der Waals surface area (Å²) in [7, 11) is 0. The van der Waals surface area contributed by atoms with Gasteiger partial charge in [-0.3, -0.25) is 14.9 Å². The highest BCUT2D eigenvalue weighted by Crippen LogP contribution is 2.37. The molecule has 0 atom stereocenters. The highest BCUT2D eigenvalue weighted by molar-refractivity contribution is 5.99. The average molecular weight is 382 g/mol. The van der Waals surface area contributed by atoms with Crippen molar-refractivity contribution in [2.24, 2.45) is 0 Å². The lowest BCUT2D eigenvalue weighted by Gasteiger charge is -2.18. The number of carbonyl (C=O) groups is 1. The maximum Gasteiger partial charge on any atom is 0.423 e. The Bertz CT molecular complexity index is 899. The first kappa shape index (κ1) is 18.5. The number of nitrogens with one attached hydrogen (secondary N) is 1. The number of nitro groups is 1. The van der Waals surface area contributed by atoms with Gasteiger partial charge in [-0.05, 0) is 30.3 Å². The van der Waals surface area contributed by atoms with Crippen molar-refractivity contribution in [3.05, 3.63) is 57.6 Å². The van der Waals surface area contributed by atoms with E-state index < -0.39 is 22.4 Å². The van der Waals surface area contributed by atoms with Crippen molar-refractivity contribution >= 4 is 17.2 Å².